The van der Waals surface area contributed by atoms with Crippen molar-refractivity contribution < 1.29 is 4.74 Å². The topological polar surface area (TPSA) is 49.2 Å². The predicted octanol–water partition coefficient (Wildman–Crippen LogP) is 4.99. The number of aromatic nitrogens is 1. The summed E-state index contributed by atoms with van der Waals surface area (Å²) in [7, 11) is 0. The van der Waals surface area contributed by atoms with Crippen LogP contribution < -0.4 is 9.64 Å². The molecule has 2 heterocycles. The van der Waals surface area contributed by atoms with Crippen molar-refractivity contribution in [1.82, 2.24) is 4.98 Å². The van der Waals surface area contributed by atoms with E-state index in [0.717, 1.165) is 35.7 Å². The fourth-order valence-corrected chi connectivity index (χ4v) is 4.12. The molecule has 0 saturated carbocycles. The maximum Gasteiger partial charge on any atom is 0.151 e. The minimum Gasteiger partial charge on any atom is -0.453 e. The van der Waals surface area contributed by atoms with Gasteiger partial charge in [0.15, 0.2) is 5.75 Å². The fraction of sp³-hybridized carbons (Fsp3) is 0.167. The number of hydrogen-bond donors (Lipinski definition) is 0. The Morgan fingerprint density at radius 1 is 1.14 bits per heavy atom. The molecule has 2 unspecified atom stereocenters. The second kappa shape index (κ2) is 6.86. The van der Waals surface area contributed by atoms with Gasteiger partial charge in [-0.15, -0.1) is 0 Å². The molecule has 0 fully saturated rings. The molecule has 2 aliphatic carbocycles. The molecule has 0 spiro atoms. The monoisotopic (exact) mass is 365 g/mol. The average molecular weight is 365 g/mol. The van der Waals surface area contributed by atoms with Gasteiger partial charge in [-0.1, -0.05) is 42.5 Å². The average Bonchev–Trinajstić information content (AvgIpc) is 2.77. The highest BCUT2D eigenvalue weighted by Crippen LogP contribution is 2.44. The van der Waals surface area contributed by atoms with Crippen molar-refractivity contribution in [2.24, 2.45) is 0 Å². The van der Waals surface area contributed by atoms with Gasteiger partial charge in [0.25, 0.3) is 0 Å². The van der Waals surface area contributed by atoms with Gasteiger partial charge in [-0.05, 0) is 43.2 Å². The van der Waals surface area contributed by atoms with Crippen molar-refractivity contribution in [2.45, 2.75) is 24.8 Å². The third kappa shape index (κ3) is 2.73. The van der Waals surface area contributed by atoms with Crippen LogP contribution in [0.15, 0.2) is 90.5 Å². The van der Waals surface area contributed by atoms with Crippen LogP contribution in [-0.2, 0) is 0 Å². The first-order valence-corrected chi connectivity index (χ1v) is 9.52. The molecule has 1 aromatic carbocycles. The first kappa shape index (κ1) is 16.6. The summed E-state index contributed by atoms with van der Waals surface area (Å²) in [6.07, 6.45) is 16.4. The van der Waals surface area contributed by atoms with E-state index in [1.54, 1.807) is 12.3 Å². The Labute approximate surface area is 164 Å². The first-order valence-electron chi connectivity index (χ1n) is 9.52. The van der Waals surface area contributed by atoms with Gasteiger partial charge in [0.2, 0.25) is 0 Å². The minimum atomic E-state index is 0.0455. The van der Waals surface area contributed by atoms with E-state index in [4.69, 9.17) is 4.74 Å². The summed E-state index contributed by atoms with van der Waals surface area (Å²) in [5.41, 5.74) is 3.81. The van der Waals surface area contributed by atoms with E-state index in [9.17, 15) is 5.26 Å². The predicted molar refractivity (Wildman–Crippen MR) is 109 cm³/mol. The van der Waals surface area contributed by atoms with Gasteiger partial charge in [0.1, 0.15) is 5.76 Å². The molecular weight excluding hydrogens is 346 g/mol. The molecular formula is C24H19N3O. The number of para-hydroxylation sites is 2. The number of rotatable bonds is 2. The first-order chi connectivity index (χ1) is 13.8. The van der Waals surface area contributed by atoms with Crippen molar-refractivity contribution in [3.05, 3.63) is 102 Å². The standard InChI is InChI=1S/C24H19N3O/c25-16-17-13-14-26-19(15-17)18-7-1-2-8-20(18)27-21-9-3-5-11-23(21)28-24-12-6-4-10-22(24)27/h1-3,5-9,11-15,18,20H,4,10H2. The molecule has 0 N–H and O–H groups in total. The van der Waals surface area contributed by atoms with Gasteiger partial charge in [-0.3, -0.25) is 4.98 Å². The van der Waals surface area contributed by atoms with E-state index in [2.05, 4.69) is 58.5 Å². The summed E-state index contributed by atoms with van der Waals surface area (Å²) in [5, 5.41) is 9.31. The maximum atomic E-state index is 9.31. The smallest absolute Gasteiger partial charge is 0.151 e. The van der Waals surface area contributed by atoms with Gasteiger partial charge in [-0.25, -0.2) is 0 Å². The molecule has 0 bridgehead atoms. The van der Waals surface area contributed by atoms with Crippen LogP contribution in [0.4, 0.5) is 5.69 Å². The Balaban J connectivity index is 1.64. The summed E-state index contributed by atoms with van der Waals surface area (Å²) < 4.78 is 6.18. The van der Waals surface area contributed by atoms with Crippen LogP contribution in [0.1, 0.15) is 30.0 Å². The minimum absolute atomic E-state index is 0.0455. The second-order valence-corrected chi connectivity index (χ2v) is 7.06. The summed E-state index contributed by atoms with van der Waals surface area (Å²) in [6.45, 7) is 0. The van der Waals surface area contributed by atoms with E-state index in [1.165, 1.54) is 5.70 Å². The molecule has 3 aliphatic rings. The van der Waals surface area contributed by atoms with Crippen molar-refractivity contribution in [3.8, 4) is 11.8 Å². The third-order valence-corrected chi connectivity index (χ3v) is 5.39. The second-order valence-electron chi connectivity index (χ2n) is 7.06. The van der Waals surface area contributed by atoms with E-state index in [1.807, 2.05) is 24.3 Å². The van der Waals surface area contributed by atoms with Crippen LogP contribution in [0, 0.1) is 11.3 Å². The lowest BCUT2D eigenvalue weighted by Crippen LogP contribution is -2.41. The zero-order chi connectivity index (χ0) is 18.9. The van der Waals surface area contributed by atoms with E-state index < -0.39 is 0 Å². The van der Waals surface area contributed by atoms with Gasteiger partial charge in [0, 0.05) is 12.1 Å². The van der Waals surface area contributed by atoms with Crippen molar-refractivity contribution in [1.29, 1.82) is 5.26 Å². The van der Waals surface area contributed by atoms with E-state index >= 15 is 0 Å². The van der Waals surface area contributed by atoms with E-state index in [0.29, 0.717) is 5.56 Å². The van der Waals surface area contributed by atoms with Crippen LogP contribution in [0.25, 0.3) is 0 Å². The normalized spacial score (nSPS) is 22.3. The SMILES string of the molecule is N#Cc1ccnc(C2C=CC=CC2N2C3=C(C=CCC3)Oc3ccccc32)c1. The van der Waals surface area contributed by atoms with Crippen LogP contribution in [0.2, 0.25) is 0 Å². The third-order valence-electron chi connectivity index (χ3n) is 5.39. The number of anilines is 1. The highest BCUT2D eigenvalue weighted by Gasteiger charge is 2.35. The number of ether oxygens (including phenoxy) is 1. The lowest BCUT2D eigenvalue weighted by molar-refractivity contribution is 0.410. The largest absolute Gasteiger partial charge is 0.453 e. The lowest BCUT2D eigenvalue weighted by atomic mass is 9.88. The molecule has 2 atom stereocenters. The van der Waals surface area contributed by atoms with Crippen LogP contribution >= 0.6 is 0 Å². The van der Waals surface area contributed by atoms with E-state index in [-0.39, 0.29) is 12.0 Å². The highest BCUT2D eigenvalue weighted by molar-refractivity contribution is 5.68. The Bertz CT molecular complexity index is 1090. The molecule has 2 aromatic rings. The molecule has 28 heavy (non-hydrogen) atoms. The van der Waals surface area contributed by atoms with Gasteiger partial charge in [-0.2, -0.15) is 5.26 Å². The van der Waals surface area contributed by atoms with Gasteiger partial charge in [0.05, 0.1) is 34.8 Å². The number of nitrogens with zero attached hydrogens (tertiary/aromatic N) is 3. The number of pyridine rings is 1. The number of fused-ring (bicyclic) bond motifs is 1. The van der Waals surface area contributed by atoms with Crippen molar-refractivity contribution >= 4 is 5.69 Å². The molecule has 1 aliphatic heterocycles. The Kier molecular flexibility index (Phi) is 4.06. The van der Waals surface area contributed by atoms with Gasteiger partial charge >= 0.3 is 0 Å². The molecule has 0 saturated heterocycles. The molecule has 136 valence electrons. The lowest BCUT2D eigenvalue weighted by Gasteiger charge is -2.42. The highest BCUT2D eigenvalue weighted by atomic mass is 16.5. The van der Waals surface area contributed by atoms with Crippen molar-refractivity contribution in [3.63, 3.8) is 0 Å². The molecule has 1 aromatic heterocycles. The molecule has 4 nitrogen and oxygen atoms in total. The number of allylic oxidation sites excluding steroid dienone is 5. The molecule has 0 radical (unpaired) electrons. The Morgan fingerprint density at radius 3 is 2.96 bits per heavy atom. The van der Waals surface area contributed by atoms with Gasteiger partial charge < -0.3 is 9.64 Å². The summed E-state index contributed by atoms with van der Waals surface area (Å²) in [5.74, 6) is 1.84. The molecule has 5 rings (SSSR count). The summed E-state index contributed by atoms with van der Waals surface area (Å²) >= 11 is 0. The van der Waals surface area contributed by atoms with Crippen LogP contribution in [0.3, 0.4) is 0 Å². The quantitative estimate of drug-likeness (QED) is 0.752. The molecule has 0 amide bonds. The Morgan fingerprint density at radius 2 is 2.04 bits per heavy atom. The zero-order valence-electron chi connectivity index (χ0n) is 15.3. The number of benzene rings is 1. The van der Waals surface area contributed by atoms with Crippen LogP contribution in [-0.4, -0.2) is 11.0 Å². The summed E-state index contributed by atoms with van der Waals surface area (Å²) in [4.78, 5) is 6.98. The fourth-order valence-electron chi connectivity index (χ4n) is 4.12. The number of hydrogen-bond acceptors (Lipinski definition) is 4. The Hall–Kier alpha value is -3.58. The van der Waals surface area contributed by atoms with Crippen LogP contribution in [0.5, 0.6) is 5.75 Å². The zero-order valence-corrected chi connectivity index (χ0v) is 15.3. The maximum absolute atomic E-state index is 9.31. The summed E-state index contributed by atoms with van der Waals surface area (Å²) in [6, 6.07) is 14.1. The molecule has 4 heteroatoms. The number of nitriles is 1. The van der Waals surface area contributed by atoms with Crippen molar-refractivity contribution in [2.75, 3.05) is 4.90 Å².